The second-order valence-corrected chi connectivity index (χ2v) is 15.5. The summed E-state index contributed by atoms with van der Waals surface area (Å²) in [5, 5.41) is 18.3. The molecule has 1 unspecified atom stereocenters. The van der Waals surface area contributed by atoms with Gasteiger partial charge in [-0.15, -0.1) is 0 Å². The highest BCUT2D eigenvalue weighted by atomic mass is 31.2. The lowest BCUT2D eigenvalue weighted by molar-refractivity contribution is -0.161. The molecule has 3 N–H and O–H groups in total. The van der Waals surface area contributed by atoms with E-state index >= 15 is 0 Å². The van der Waals surface area contributed by atoms with Gasteiger partial charge in [-0.2, -0.15) is 0 Å². The van der Waals surface area contributed by atoms with Crippen molar-refractivity contribution in [1.82, 2.24) is 0 Å². The van der Waals surface area contributed by atoms with Gasteiger partial charge in [-0.3, -0.25) is 18.6 Å². The van der Waals surface area contributed by atoms with Crippen LogP contribution in [0.5, 0.6) is 0 Å². The predicted octanol–water partition coefficient (Wildman–Crippen LogP) is 10.4. The summed E-state index contributed by atoms with van der Waals surface area (Å²) in [5.41, 5.74) is 0. The average Bonchev–Trinajstić information content (AvgIpc) is 3.12. The second-order valence-electron chi connectivity index (χ2n) is 14.0. The monoisotopic (exact) mass is 749 g/mol. The maximum absolute atomic E-state index is 12.6. The Morgan fingerprint density at radius 1 is 0.569 bits per heavy atom. The Labute approximate surface area is 311 Å². The number of rotatable bonds is 39. The van der Waals surface area contributed by atoms with E-state index in [9.17, 15) is 24.2 Å². The Hall–Kier alpha value is -1.29. The zero-order chi connectivity index (χ0) is 37.7. The molecule has 0 radical (unpaired) electrons. The first-order valence-electron chi connectivity index (χ1n) is 20.6. The minimum Gasteiger partial charge on any atom is -0.462 e. The molecule has 0 amide bonds. The predicted molar refractivity (Wildman–Crippen MR) is 205 cm³/mol. The van der Waals surface area contributed by atoms with Crippen LogP contribution in [0.2, 0.25) is 0 Å². The highest BCUT2D eigenvalue weighted by Crippen LogP contribution is 2.43. The SMILES string of the molecule is CCCCCCCCCCC/C=C/CCCCC(=O)O[C@H](COC(=O)CCCCCCCCCCCCCCC)COP(=O)(O)OC[C@@H](O)CO. The molecule has 0 bridgehead atoms. The van der Waals surface area contributed by atoms with Crippen LogP contribution in [0, 0.1) is 0 Å². The molecule has 0 heterocycles. The van der Waals surface area contributed by atoms with Crippen LogP contribution in [0.25, 0.3) is 0 Å². The molecular formula is C40H77O10P. The van der Waals surface area contributed by atoms with Gasteiger partial charge in [-0.25, -0.2) is 4.57 Å². The molecule has 0 aromatic carbocycles. The first-order chi connectivity index (χ1) is 24.7. The summed E-state index contributed by atoms with van der Waals surface area (Å²) in [7, 11) is -4.61. The number of ether oxygens (including phenoxy) is 2. The summed E-state index contributed by atoms with van der Waals surface area (Å²) in [6.45, 7) is 2.37. The molecule has 302 valence electrons. The number of aliphatic hydroxyl groups excluding tert-OH is 2. The number of unbranched alkanes of at least 4 members (excludes halogenated alkanes) is 23. The number of phosphoric acid groups is 1. The molecule has 0 aliphatic carbocycles. The van der Waals surface area contributed by atoms with E-state index in [1.807, 2.05) is 0 Å². The minimum atomic E-state index is -4.61. The zero-order valence-electron chi connectivity index (χ0n) is 32.6. The van der Waals surface area contributed by atoms with Crippen LogP contribution in [0.4, 0.5) is 0 Å². The smallest absolute Gasteiger partial charge is 0.462 e. The van der Waals surface area contributed by atoms with Crippen molar-refractivity contribution >= 4 is 19.8 Å². The summed E-state index contributed by atoms with van der Waals surface area (Å²) in [4.78, 5) is 34.9. The molecule has 0 saturated heterocycles. The summed E-state index contributed by atoms with van der Waals surface area (Å²) >= 11 is 0. The first kappa shape index (κ1) is 49.7. The van der Waals surface area contributed by atoms with Crippen LogP contribution in [0.3, 0.4) is 0 Å². The van der Waals surface area contributed by atoms with Gasteiger partial charge < -0.3 is 24.6 Å². The van der Waals surface area contributed by atoms with E-state index in [-0.39, 0.29) is 19.4 Å². The summed E-state index contributed by atoms with van der Waals surface area (Å²) in [6.07, 6.45) is 33.2. The normalized spacial score (nSPS) is 14.1. The van der Waals surface area contributed by atoms with E-state index in [2.05, 4.69) is 30.5 Å². The fourth-order valence-corrected chi connectivity index (χ4v) is 6.48. The lowest BCUT2D eigenvalue weighted by Crippen LogP contribution is -2.29. The summed E-state index contributed by atoms with van der Waals surface area (Å²) < 4.78 is 32.6. The van der Waals surface area contributed by atoms with Crippen LogP contribution in [0.1, 0.15) is 194 Å². The number of aliphatic hydroxyl groups is 2. The Balaban J connectivity index is 4.34. The molecule has 3 atom stereocenters. The van der Waals surface area contributed by atoms with Gasteiger partial charge >= 0.3 is 19.8 Å². The molecule has 0 fully saturated rings. The fourth-order valence-electron chi connectivity index (χ4n) is 5.69. The van der Waals surface area contributed by atoms with E-state index in [0.717, 1.165) is 38.5 Å². The summed E-state index contributed by atoms with van der Waals surface area (Å²) in [5.74, 6) is -0.943. The Morgan fingerprint density at radius 2 is 0.961 bits per heavy atom. The topological polar surface area (TPSA) is 149 Å². The van der Waals surface area contributed by atoms with Crippen molar-refractivity contribution in [3.8, 4) is 0 Å². The highest BCUT2D eigenvalue weighted by molar-refractivity contribution is 7.47. The van der Waals surface area contributed by atoms with Crippen molar-refractivity contribution in [1.29, 1.82) is 0 Å². The number of hydrogen-bond donors (Lipinski definition) is 3. The molecule has 0 saturated carbocycles. The standard InChI is InChI=1S/C40H77O10P/c1-3-5-7-9-11-13-15-17-18-20-22-24-26-28-30-32-40(44)50-38(36-49-51(45,46)48-34-37(42)33-41)35-47-39(43)31-29-27-25-23-21-19-16-14-12-10-8-6-4-2/h22,24,37-38,41-42H,3-21,23,25-36H2,1-2H3,(H,45,46)/b24-22+/t37-,38+/m0/s1. The lowest BCUT2D eigenvalue weighted by atomic mass is 10.0. The third kappa shape index (κ3) is 36.8. The van der Waals surface area contributed by atoms with Gasteiger partial charge in [0, 0.05) is 12.8 Å². The van der Waals surface area contributed by atoms with Crippen LogP contribution in [-0.2, 0) is 32.7 Å². The van der Waals surface area contributed by atoms with Crippen molar-refractivity contribution in [2.24, 2.45) is 0 Å². The van der Waals surface area contributed by atoms with Crippen LogP contribution in [0.15, 0.2) is 12.2 Å². The van der Waals surface area contributed by atoms with Gasteiger partial charge in [0.05, 0.1) is 19.8 Å². The molecule has 0 aromatic heterocycles. The van der Waals surface area contributed by atoms with Crippen molar-refractivity contribution < 1.29 is 47.8 Å². The largest absolute Gasteiger partial charge is 0.472 e. The fraction of sp³-hybridized carbons (Fsp3) is 0.900. The average molecular weight is 749 g/mol. The van der Waals surface area contributed by atoms with Gasteiger partial charge in [0.15, 0.2) is 6.10 Å². The van der Waals surface area contributed by atoms with Crippen molar-refractivity contribution in [2.45, 2.75) is 206 Å². The van der Waals surface area contributed by atoms with E-state index < -0.39 is 51.8 Å². The van der Waals surface area contributed by atoms with Crippen LogP contribution in [-0.4, -0.2) is 65.7 Å². The quantitative estimate of drug-likeness (QED) is 0.0240. The molecule has 0 rings (SSSR count). The maximum atomic E-state index is 12.6. The minimum absolute atomic E-state index is 0.158. The van der Waals surface area contributed by atoms with E-state index in [0.29, 0.717) is 12.8 Å². The van der Waals surface area contributed by atoms with Crippen LogP contribution < -0.4 is 0 Å². The molecule has 51 heavy (non-hydrogen) atoms. The molecule has 0 aromatic rings. The maximum Gasteiger partial charge on any atom is 0.472 e. The Kier molecular flexibility index (Phi) is 36.1. The third-order valence-electron chi connectivity index (χ3n) is 8.92. The highest BCUT2D eigenvalue weighted by Gasteiger charge is 2.27. The second kappa shape index (κ2) is 37.0. The number of carbonyl (C=O) groups excluding carboxylic acids is 2. The number of esters is 2. The molecule has 0 aliphatic rings. The number of phosphoric ester groups is 1. The van der Waals surface area contributed by atoms with Gasteiger partial charge in [0.25, 0.3) is 0 Å². The van der Waals surface area contributed by atoms with E-state index in [4.69, 9.17) is 19.1 Å². The first-order valence-corrected chi connectivity index (χ1v) is 22.1. The van der Waals surface area contributed by atoms with Gasteiger partial charge in [-0.1, -0.05) is 154 Å². The van der Waals surface area contributed by atoms with Gasteiger partial charge in [0.1, 0.15) is 12.7 Å². The van der Waals surface area contributed by atoms with Crippen molar-refractivity contribution in [3.05, 3.63) is 12.2 Å². The summed E-state index contributed by atoms with van der Waals surface area (Å²) in [6, 6.07) is 0. The zero-order valence-corrected chi connectivity index (χ0v) is 33.5. The van der Waals surface area contributed by atoms with E-state index in [1.54, 1.807) is 0 Å². The number of allylic oxidation sites excluding steroid dienone is 2. The third-order valence-corrected chi connectivity index (χ3v) is 9.87. The molecule has 11 heteroatoms. The number of carbonyl (C=O) groups is 2. The molecule has 0 spiro atoms. The molecule has 10 nitrogen and oxygen atoms in total. The molecular weight excluding hydrogens is 671 g/mol. The Morgan fingerprint density at radius 3 is 1.45 bits per heavy atom. The van der Waals surface area contributed by atoms with Crippen molar-refractivity contribution in [2.75, 3.05) is 26.4 Å². The number of hydrogen-bond acceptors (Lipinski definition) is 9. The van der Waals surface area contributed by atoms with E-state index in [1.165, 1.54) is 116 Å². The van der Waals surface area contributed by atoms with Crippen molar-refractivity contribution in [3.63, 3.8) is 0 Å². The Bertz CT molecular complexity index is 868. The van der Waals surface area contributed by atoms with Crippen LogP contribution >= 0.6 is 7.82 Å². The lowest BCUT2D eigenvalue weighted by Gasteiger charge is -2.20. The molecule has 0 aliphatic heterocycles. The van der Waals surface area contributed by atoms with Gasteiger partial charge in [0.2, 0.25) is 0 Å². The van der Waals surface area contributed by atoms with Gasteiger partial charge in [-0.05, 0) is 38.5 Å².